The lowest BCUT2D eigenvalue weighted by Crippen LogP contribution is -2.41. The van der Waals surface area contributed by atoms with Crippen LogP contribution in [-0.4, -0.2) is 53.1 Å². The molecule has 1 aliphatic carbocycles. The van der Waals surface area contributed by atoms with Crippen LogP contribution in [0.1, 0.15) is 61.3 Å². The summed E-state index contributed by atoms with van der Waals surface area (Å²) in [5.74, 6) is 0.546. The van der Waals surface area contributed by atoms with E-state index in [-0.39, 0.29) is 17.6 Å². The number of benzene rings is 1. The predicted molar refractivity (Wildman–Crippen MR) is 127 cm³/mol. The summed E-state index contributed by atoms with van der Waals surface area (Å²) in [6, 6.07) is 7.89. The quantitative estimate of drug-likeness (QED) is 0.729. The number of imidazole rings is 1. The number of carbonyl (C=O) groups is 2. The van der Waals surface area contributed by atoms with E-state index in [1.54, 1.807) is 7.05 Å². The molecule has 33 heavy (non-hydrogen) atoms. The molecule has 8 nitrogen and oxygen atoms in total. The number of nitriles is 1. The molecule has 2 amide bonds. The molecule has 1 aliphatic heterocycles. The van der Waals surface area contributed by atoms with Crippen LogP contribution in [0.2, 0.25) is 0 Å². The number of piperidine rings is 1. The number of anilines is 1. The third-order valence-electron chi connectivity index (χ3n) is 6.50. The molecule has 0 spiro atoms. The normalized spacial score (nSPS) is 16.7. The average molecular weight is 447 g/mol. The first-order valence-electron chi connectivity index (χ1n) is 11.6. The van der Waals surface area contributed by atoms with Crippen molar-refractivity contribution in [1.82, 2.24) is 19.8 Å². The molecule has 8 heteroatoms. The van der Waals surface area contributed by atoms with Crippen LogP contribution in [0.25, 0.3) is 5.57 Å². The van der Waals surface area contributed by atoms with E-state index in [1.165, 1.54) is 34.6 Å². The second kappa shape index (κ2) is 10.5. The van der Waals surface area contributed by atoms with Crippen LogP contribution in [0.4, 0.5) is 10.5 Å². The molecule has 0 bridgehead atoms. The highest BCUT2D eigenvalue weighted by Crippen LogP contribution is 2.36. The van der Waals surface area contributed by atoms with E-state index < -0.39 is 0 Å². The van der Waals surface area contributed by atoms with E-state index in [0.717, 1.165) is 56.4 Å². The van der Waals surface area contributed by atoms with Gasteiger partial charge in [0.2, 0.25) is 5.91 Å². The summed E-state index contributed by atoms with van der Waals surface area (Å²) in [6.45, 7) is 1.91. The molecule has 2 N–H and O–H groups in total. The van der Waals surface area contributed by atoms with Crippen molar-refractivity contribution in [1.29, 1.82) is 5.26 Å². The molecule has 2 aliphatic rings. The number of carbonyl (C=O) groups excluding carboxylic acids is 2. The number of hydrogen-bond acceptors (Lipinski definition) is 5. The third-order valence-corrected chi connectivity index (χ3v) is 6.50. The van der Waals surface area contributed by atoms with Gasteiger partial charge < -0.3 is 15.5 Å². The van der Waals surface area contributed by atoms with Gasteiger partial charge in [-0.15, -0.1) is 0 Å². The molecule has 0 saturated carbocycles. The van der Waals surface area contributed by atoms with Gasteiger partial charge in [0, 0.05) is 24.3 Å². The lowest BCUT2D eigenvalue weighted by atomic mass is 9.85. The summed E-state index contributed by atoms with van der Waals surface area (Å²) in [5.41, 5.74) is 4.56. The van der Waals surface area contributed by atoms with Gasteiger partial charge >= 0.3 is 6.03 Å². The fourth-order valence-electron chi connectivity index (χ4n) is 4.67. The first kappa shape index (κ1) is 22.7. The molecule has 4 rings (SSSR count). The van der Waals surface area contributed by atoms with E-state index in [1.807, 2.05) is 17.0 Å². The van der Waals surface area contributed by atoms with E-state index in [2.05, 4.69) is 33.8 Å². The Kier molecular flexibility index (Phi) is 7.20. The Morgan fingerprint density at radius 3 is 2.73 bits per heavy atom. The number of aromatic nitrogens is 2. The van der Waals surface area contributed by atoms with Gasteiger partial charge in [0.15, 0.2) is 5.69 Å². The summed E-state index contributed by atoms with van der Waals surface area (Å²) in [6.07, 6.45) is 11.3. The summed E-state index contributed by atoms with van der Waals surface area (Å²) in [4.78, 5) is 30.8. The minimum atomic E-state index is -0.342. The van der Waals surface area contributed by atoms with E-state index >= 15 is 0 Å². The van der Waals surface area contributed by atoms with Crippen molar-refractivity contribution in [3.8, 4) is 6.07 Å². The van der Waals surface area contributed by atoms with Crippen LogP contribution in [-0.2, 0) is 4.79 Å². The number of rotatable bonds is 5. The van der Waals surface area contributed by atoms with Gasteiger partial charge in [0.25, 0.3) is 0 Å². The van der Waals surface area contributed by atoms with Crippen molar-refractivity contribution in [2.45, 2.75) is 44.4 Å². The van der Waals surface area contributed by atoms with E-state index in [0.29, 0.717) is 12.5 Å². The van der Waals surface area contributed by atoms with Crippen LogP contribution in [0, 0.1) is 11.3 Å². The molecule has 2 aromatic rings. The highest BCUT2D eigenvalue weighted by atomic mass is 16.2. The van der Waals surface area contributed by atoms with Crippen molar-refractivity contribution in [2.75, 3.05) is 32.0 Å². The molecule has 1 fully saturated rings. The number of nitrogens with zero attached hydrogens (tertiary/aromatic N) is 4. The molecular weight excluding hydrogens is 416 g/mol. The van der Waals surface area contributed by atoms with E-state index in [4.69, 9.17) is 5.26 Å². The van der Waals surface area contributed by atoms with Gasteiger partial charge in [-0.05, 0) is 74.8 Å². The number of likely N-dealkylation sites (N-methyl/N-ethyl adjacent to an activating group) is 1. The molecular formula is C25H30N6O2. The lowest BCUT2D eigenvalue weighted by molar-refractivity contribution is -0.131. The van der Waals surface area contributed by atoms with Crippen LogP contribution in [0.3, 0.4) is 0 Å². The maximum atomic E-state index is 12.8. The smallest absolute Gasteiger partial charge is 0.331 e. The molecule has 0 unspecified atom stereocenters. The Bertz CT molecular complexity index is 1090. The fourth-order valence-corrected chi connectivity index (χ4v) is 4.67. The van der Waals surface area contributed by atoms with Gasteiger partial charge in [-0.2, -0.15) is 5.26 Å². The Morgan fingerprint density at radius 1 is 1.24 bits per heavy atom. The van der Waals surface area contributed by atoms with Crippen molar-refractivity contribution >= 4 is 23.2 Å². The molecule has 1 aromatic heterocycles. The zero-order chi connectivity index (χ0) is 23.2. The number of likely N-dealkylation sites (tertiary alicyclic amines) is 1. The predicted octanol–water partition coefficient (Wildman–Crippen LogP) is 3.72. The van der Waals surface area contributed by atoms with E-state index in [9.17, 15) is 9.59 Å². The van der Waals surface area contributed by atoms with Gasteiger partial charge in [-0.1, -0.05) is 12.1 Å². The number of hydrogen-bond donors (Lipinski definition) is 2. The molecule has 2 heterocycles. The Hall–Kier alpha value is -3.44. The molecule has 0 atom stereocenters. The standard InChI is InChI=1S/C25H30N6O2/c1-27-15-24(32)30-11-9-18(10-12-30)20-7-8-23(22(13-20)19-5-3-2-4-6-19)29-25(33)31-16-21(14-26)28-17-31/h5,7-8,13,16-18,27H,2-4,6,9-12,15H2,1H3,(H,29,33). The number of nitrogens with one attached hydrogen (secondary N) is 2. The highest BCUT2D eigenvalue weighted by molar-refractivity contribution is 5.94. The first-order chi connectivity index (χ1) is 16.1. The molecule has 0 radical (unpaired) electrons. The van der Waals surface area contributed by atoms with Gasteiger partial charge in [-0.3, -0.25) is 9.36 Å². The highest BCUT2D eigenvalue weighted by Gasteiger charge is 2.24. The zero-order valence-corrected chi connectivity index (χ0v) is 19.0. The van der Waals surface area contributed by atoms with Crippen LogP contribution in [0.15, 0.2) is 36.8 Å². The van der Waals surface area contributed by atoms with Gasteiger partial charge in [-0.25, -0.2) is 9.78 Å². The summed E-state index contributed by atoms with van der Waals surface area (Å²) >= 11 is 0. The summed E-state index contributed by atoms with van der Waals surface area (Å²) in [7, 11) is 1.79. The van der Waals surface area contributed by atoms with Crippen molar-refractivity contribution in [2.24, 2.45) is 0 Å². The minimum Gasteiger partial charge on any atom is -0.342 e. The van der Waals surface area contributed by atoms with Crippen LogP contribution >= 0.6 is 0 Å². The molecule has 1 saturated heterocycles. The zero-order valence-electron chi connectivity index (χ0n) is 19.0. The van der Waals surface area contributed by atoms with Crippen LogP contribution in [0.5, 0.6) is 0 Å². The number of allylic oxidation sites excluding steroid dienone is 2. The van der Waals surface area contributed by atoms with Crippen molar-refractivity contribution in [3.05, 3.63) is 53.6 Å². The second-order valence-corrected chi connectivity index (χ2v) is 8.67. The SMILES string of the molecule is CNCC(=O)N1CCC(c2ccc(NC(=O)n3cnc(C#N)c3)c(C3=CCCCC3)c2)CC1. The monoisotopic (exact) mass is 446 g/mol. The lowest BCUT2D eigenvalue weighted by Gasteiger charge is -2.32. The first-order valence-corrected chi connectivity index (χ1v) is 11.6. The fraction of sp³-hybridized carbons (Fsp3) is 0.440. The average Bonchev–Trinajstić information content (AvgIpc) is 3.35. The maximum Gasteiger partial charge on any atom is 0.331 e. The molecule has 172 valence electrons. The minimum absolute atomic E-state index is 0.154. The third kappa shape index (κ3) is 5.32. The Labute approximate surface area is 194 Å². The van der Waals surface area contributed by atoms with Gasteiger partial charge in [0.1, 0.15) is 12.4 Å². The number of amides is 2. The Morgan fingerprint density at radius 2 is 2.06 bits per heavy atom. The maximum absolute atomic E-state index is 12.8. The Balaban J connectivity index is 1.54. The molecule has 1 aromatic carbocycles. The van der Waals surface area contributed by atoms with Crippen LogP contribution < -0.4 is 10.6 Å². The topological polar surface area (TPSA) is 103 Å². The van der Waals surface area contributed by atoms with Gasteiger partial charge in [0.05, 0.1) is 12.7 Å². The summed E-state index contributed by atoms with van der Waals surface area (Å²) < 4.78 is 1.30. The second-order valence-electron chi connectivity index (χ2n) is 8.67. The largest absolute Gasteiger partial charge is 0.342 e. The summed E-state index contributed by atoms with van der Waals surface area (Å²) in [5, 5.41) is 14.9. The van der Waals surface area contributed by atoms with Crippen molar-refractivity contribution in [3.63, 3.8) is 0 Å². The van der Waals surface area contributed by atoms with Crippen molar-refractivity contribution < 1.29 is 9.59 Å².